The van der Waals surface area contributed by atoms with Gasteiger partial charge in [-0.05, 0) is 46.8 Å². The molecule has 2 rings (SSSR count). The molecule has 7 heteroatoms. The molecule has 1 saturated heterocycles. The summed E-state index contributed by atoms with van der Waals surface area (Å²) in [7, 11) is -0.492. The Labute approximate surface area is 125 Å². The average Bonchev–Trinajstić information content (AvgIpc) is 2.59. The summed E-state index contributed by atoms with van der Waals surface area (Å²) in [6, 6.07) is 3.33. The van der Waals surface area contributed by atoms with Gasteiger partial charge in [0.05, 0.1) is 22.5 Å². The van der Waals surface area contributed by atoms with Crippen LogP contribution in [0.3, 0.4) is 0 Å². The van der Waals surface area contributed by atoms with Crippen LogP contribution in [0.25, 0.3) is 0 Å². The van der Waals surface area contributed by atoms with Crippen LogP contribution in [0.2, 0.25) is 0 Å². The number of nitrogens with zero attached hydrogens (tertiary/aromatic N) is 1. The molecule has 2 heterocycles. The predicted molar refractivity (Wildman–Crippen MR) is 82.6 cm³/mol. The summed E-state index contributed by atoms with van der Waals surface area (Å²) >= 11 is 0. The van der Waals surface area contributed by atoms with Gasteiger partial charge in [0.2, 0.25) is 0 Å². The third kappa shape index (κ3) is 3.36. The molecule has 1 fully saturated rings. The van der Waals surface area contributed by atoms with Crippen LogP contribution < -0.4 is 16.2 Å². The third-order valence-electron chi connectivity index (χ3n) is 3.88. The number of hydrogen-bond acceptors (Lipinski definition) is 4. The van der Waals surface area contributed by atoms with Crippen LogP contribution in [0.4, 0.5) is 10.5 Å². The van der Waals surface area contributed by atoms with E-state index >= 15 is 0 Å². The van der Waals surface area contributed by atoms with E-state index in [1.807, 2.05) is 34.6 Å². The van der Waals surface area contributed by atoms with Gasteiger partial charge >= 0.3 is 13.1 Å². The Morgan fingerprint density at radius 3 is 2.33 bits per heavy atom. The Balaban J connectivity index is 2.05. The summed E-state index contributed by atoms with van der Waals surface area (Å²) in [5.41, 5.74) is 0.533. The first kappa shape index (κ1) is 15.8. The molecule has 1 aliphatic heterocycles. The number of nitrogens with one attached hydrogen (secondary N) is 2. The van der Waals surface area contributed by atoms with Gasteiger partial charge in [-0.15, -0.1) is 0 Å². The maximum absolute atomic E-state index is 11.4. The fourth-order valence-corrected chi connectivity index (χ4v) is 1.92. The molecule has 21 heavy (non-hydrogen) atoms. The molecule has 0 aliphatic carbocycles. The number of anilines is 1. The Morgan fingerprint density at radius 2 is 1.86 bits per heavy atom. The van der Waals surface area contributed by atoms with Crippen LogP contribution >= 0.6 is 0 Å². The molecule has 0 bridgehead atoms. The first-order chi connectivity index (χ1) is 9.75. The first-order valence-corrected chi connectivity index (χ1v) is 7.11. The minimum Gasteiger partial charge on any atom is -0.398 e. The van der Waals surface area contributed by atoms with Gasteiger partial charge in [-0.2, -0.15) is 0 Å². The quantitative estimate of drug-likeness (QED) is 0.828. The van der Waals surface area contributed by atoms with Crippen molar-refractivity contribution >= 4 is 24.4 Å². The molecule has 0 aromatic carbocycles. The Bertz CT molecular complexity index is 501. The van der Waals surface area contributed by atoms with Gasteiger partial charge < -0.3 is 19.9 Å². The maximum Gasteiger partial charge on any atom is 0.514 e. The van der Waals surface area contributed by atoms with Gasteiger partial charge in [0, 0.05) is 12.7 Å². The van der Waals surface area contributed by atoms with Crippen LogP contribution in [0.15, 0.2) is 18.3 Å². The van der Waals surface area contributed by atoms with Gasteiger partial charge in [0.25, 0.3) is 0 Å². The SMILES string of the molecule is CCNC(=O)Nc1ccc(B2OC(C)(C)C(C)(C)O2)nc1. The maximum atomic E-state index is 11.4. The molecule has 6 nitrogen and oxygen atoms in total. The van der Waals surface area contributed by atoms with E-state index < -0.39 is 18.3 Å². The molecule has 1 aromatic heterocycles. The monoisotopic (exact) mass is 291 g/mol. The summed E-state index contributed by atoms with van der Waals surface area (Å²) in [5, 5.41) is 5.36. The molecule has 0 atom stereocenters. The van der Waals surface area contributed by atoms with E-state index in [-0.39, 0.29) is 6.03 Å². The highest BCUT2D eigenvalue weighted by molar-refractivity contribution is 6.61. The molecule has 0 spiro atoms. The van der Waals surface area contributed by atoms with Crippen molar-refractivity contribution in [1.29, 1.82) is 0 Å². The summed E-state index contributed by atoms with van der Waals surface area (Å²) in [6.07, 6.45) is 1.59. The van der Waals surface area contributed by atoms with E-state index in [2.05, 4.69) is 15.6 Å². The van der Waals surface area contributed by atoms with Gasteiger partial charge in [0.15, 0.2) is 0 Å². The molecule has 2 amide bonds. The fraction of sp³-hybridized carbons (Fsp3) is 0.571. The van der Waals surface area contributed by atoms with Crippen molar-refractivity contribution in [3.63, 3.8) is 0 Å². The molecule has 0 unspecified atom stereocenters. The van der Waals surface area contributed by atoms with Gasteiger partial charge in [-0.25, -0.2) is 4.79 Å². The zero-order valence-corrected chi connectivity index (χ0v) is 13.2. The topological polar surface area (TPSA) is 72.5 Å². The number of amides is 2. The fourth-order valence-electron chi connectivity index (χ4n) is 1.92. The van der Waals surface area contributed by atoms with Gasteiger partial charge in [-0.3, -0.25) is 4.98 Å². The van der Waals surface area contributed by atoms with E-state index in [4.69, 9.17) is 9.31 Å². The molecule has 0 saturated carbocycles. The number of rotatable bonds is 3. The van der Waals surface area contributed by atoms with Crippen molar-refractivity contribution in [2.45, 2.75) is 45.8 Å². The number of carbonyl (C=O) groups excluding carboxylic acids is 1. The standard InChI is InChI=1S/C14H22BN3O3/c1-6-16-12(19)18-10-7-8-11(17-9-10)15-20-13(2,3)14(4,5)21-15/h7-9H,6H2,1-5H3,(H2,16,18,19). The number of carbonyl (C=O) groups is 1. The number of aromatic nitrogens is 1. The second-order valence-corrected chi connectivity index (χ2v) is 6.04. The van der Waals surface area contributed by atoms with Crippen molar-refractivity contribution in [3.05, 3.63) is 18.3 Å². The summed E-state index contributed by atoms with van der Waals surface area (Å²) < 4.78 is 11.9. The lowest BCUT2D eigenvalue weighted by Gasteiger charge is -2.32. The van der Waals surface area contributed by atoms with Crippen LogP contribution in [0.5, 0.6) is 0 Å². The summed E-state index contributed by atoms with van der Waals surface area (Å²) in [6.45, 7) is 10.4. The predicted octanol–water partition coefficient (Wildman–Crippen LogP) is 1.52. The molecule has 1 aliphatic rings. The molecule has 0 radical (unpaired) electrons. The van der Waals surface area contributed by atoms with E-state index in [1.165, 1.54) is 0 Å². The van der Waals surface area contributed by atoms with Crippen molar-refractivity contribution in [1.82, 2.24) is 10.3 Å². The summed E-state index contributed by atoms with van der Waals surface area (Å²) in [4.78, 5) is 15.7. The van der Waals surface area contributed by atoms with Crippen LogP contribution in [0, 0.1) is 0 Å². The van der Waals surface area contributed by atoms with E-state index in [0.29, 0.717) is 17.8 Å². The Hall–Kier alpha value is -1.60. The molecular formula is C14H22BN3O3. The highest BCUT2D eigenvalue weighted by atomic mass is 16.7. The van der Waals surface area contributed by atoms with Crippen LogP contribution in [0.1, 0.15) is 34.6 Å². The number of urea groups is 1. The van der Waals surface area contributed by atoms with Gasteiger partial charge in [-0.1, -0.05) is 0 Å². The van der Waals surface area contributed by atoms with E-state index in [9.17, 15) is 4.79 Å². The lowest BCUT2D eigenvalue weighted by molar-refractivity contribution is 0.00578. The Morgan fingerprint density at radius 1 is 1.24 bits per heavy atom. The smallest absolute Gasteiger partial charge is 0.398 e. The summed E-state index contributed by atoms with van der Waals surface area (Å²) in [5.74, 6) is 0. The Kier molecular flexibility index (Phi) is 4.25. The van der Waals surface area contributed by atoms with Crippen molar-refractivity contribution in [3.8, 4) is 0 Å². The highest BCUT2D eigenvalue weighted by Gasteiger charge is 2.52. The van der Waals surface area contributed by atoms with E-state index in [1.54, 1.807) is 18.3 Å². The largest absolute Gasteiger partial charge is 0.514 e. The molecule has 114 valence electrons. The number of hydrogen-bond donors (Lipinski definition) is 2. The minimum atomic E-state index is -0.492. The van der Waals surface area contributed by atoms with Crippen LogP contribution in [-0.2, 0) is 9.31 Å². The minimum absolute atomic E-state index is 0.248. The lowest BCUT2D eigenvalue weighted by Crippen LogP contribution is -2.41. The second-order valence-electron chi connectivity index (χ2n) is 6.04. The number of pyridine rings is 1. The highest BCUT2D eigenvalue weighted by Crippen LogP contribution is 2.36. The molecular weight excluding hydrogens is 269 g/mol. The van der Waals surface area contributed by atoms with Crippen molar-refractivity contribution in [2.75, 3.05) is 11.9 Å². The molecule has 2 N–H and O–H groups in total. The lowest BCUT2D eigenvalue weighted by atomic mass is 9.84. The first-order valence-electron chi connectivity index (χ1n) is 7.11. The third-order valence-corrected chi connectivity index (χ3v) is 3.88. The van der Waals surface area contributed by atoms with E-state index in [0.717, 1.165) is 0 Å². The van der Waals surface area contributed by atoms with Crippen molar-refractivity contribution in [2.24, 2.45) is 0 Å². The molecule has 1 aromatic rings. The second kappa shape index (κ2) is 5.65. The van der Waals surface area contributed by atoms with Crippen LogP contribution in [-0.4, -0.2) is 35.9 Å². The average molecular weight is 291 g/mol. The zero-order valence-electron chi connectivity index (χ0n) is 13.2. The normalized spacial score (nSPS) is 19.4. The zero-order chi connectivity index (χ0) is 15.7. The van der Waals surface area contributed by atoms with Crippen molar-refractivity contribution < 1.29 is 14.1 Å². The van der Waals surface area contributed by atoms with Gasteiger partial charge in [0.1, 0.15) is 0 Å².